The molecule has 0 saturated carbocycles. The average molecular weight is 469 g/mol. The lowest BCUT2D eigenvalue weighted by Gasteiger charge is -2.39. The Morgan fingerprint density at radius 3 is 1.29 bits per heavy atom. The van der Waals surface area contributed by atoms with Crippen molar-refractivity contribution in [2.24, 2.45) is 0 Å². The molecule has 0 unspecified atom stereocenters. The van der Waals surface area contributed by atoms with Gasteiger partial charge in [0.1, 0.15) is 19.6 Å². The monoisotopic (exact) mass is 468 g/mol. The minimum absolute atomic E-state index is 1.07. The van der Waals surface area contributed by atoms with Crippen molar-refractivity contribution in [1.82, 2.24) is 0 Å². The van der Waals surface area contributed by atoms with E-state index in [1.165, 1.54) is 81.0 Å². The van der Waals surface area contributed by atoms with Crippen LogP contribution >= 0.6 is 0 Å². The topological polar surface area (TPSA) is 0 Å². The third-order valence-electron chi connectivity index (χ3n) is 6.98. The molecule has 0 radical (unpaired) electrons. The summed E-state index contributed by atoms with van der Waals surface area (Å²) in [7, 11) is 0. The van der Waals surface area contributed by atoms with Crippen LogP contribution in [-0.2, 0) is 19.6 Å². The fourth-order valence-electron chi connectivity index (χ4n) is 5.13. The first-order valence-corrected chi connectivity index (χ1v) is 13.9. The van der Waals surface area contributed by atoms with Gasteiger partial charge in [0.05, 0.1) is 6.54 Å². The van der Waals surface area contributed by atoms with Gasteiger partial charge >= 0.3 is 0 Å². The Bertz CT molecular complexity index is 829. The van der Waals surface area contributed by atoms with Gasteiger partial charge in [-0.1, -0.05) is 129 Å². The van der Waals surface area contributed by atoms with Gasteiger partial charge in [-0.25, -0.2) is 0 Å². The van der Waals surface area contributed by atoms with Crippen LogP contribution in [0.25, 0.3) is 0 Å². The van der Waals surface area contributed by atoms with Crippen molar-refractivity contribution in [2.45, 2.75) is 84.3 Å². The zero-order valence-electron chi connectivity index (χ0n) is 22.0. The first-order valence-electron chi connectivity index (χ1n) is 13.9. The molecule has 0 atom stereocenters. The van der Waals surface area contributed by atoms with Crippen molar-refractivity contribution < 1.29 is 4.48 Å². The van der Waals surface area contributed by atoms with Crippen LogP contribution in [0, 0.1) is 0 Å². The number of quaternary nitrogens is 1. The molecule has 0 spiro atoms. The number of benzene rings is 3. The number of nitrogens with zero attached hydrogens (tertiary/aromatic N) is 1. The zero-order valence-corrected chi connectivity index (χ0v) is 22.0. The molecule has 0 fully saturated rings. The first kappa shape index (κ1) is 27.0. The highest BCUT2D eigenvalue weighted by atomic mass is 15.3. The van der Waals surface area contributed by atoms with Crippen molar-refractivity contribution in [2.75, 3.05) is 6.54 Å². The van der Waals surface area contributed by atoms with E-state index in [-0.39, 0.29) is 0 Å². The molecule has 0 bridgehead atoms. The van der Waals surface area contributed by atoms with E-state index in [4.69, 9.17) is 0 Å². The summed E-state index contributed by atoms with van der Waals surface area (Å²) in [6, 6.07) is 33.3. The van der Waals surface area contributed by atoms with E-state index in [2.05, 4.69) is 110 Å². The lowest BCUT2D eigenvalue weighted by molar-refractivity contribution is -0.966. The van der Waals surface area contributed by atoms with E-state index in [1.54, 1.807) is 0 Å². The van der Waals surface area contributed by atoms with Gasteiger partial charge in [-0.15, -0.1) is 0 Å². The molecule has 0 aromatic heterocycles. The molecule has 3 rings (SSSR count). The maximum Gasteiger partial charge on any atom is 0.105 e. The molecule has 0 aliphatic rings. The Kier molecular flexibility index (Phi) is 12.4. The van der Waals surface area contributed by atoms with Crippen molar-refractivity contribution in [3.63, 3.8) is 0 Å². The maximum absolute atomic E-state index is 2.42. The minimum Gasteiger partial charge on any atom is -0.312 e. The molecule has 3 aromatic rings. The van der Waals surface area contributed by atoms with Crippen LogP contribution in [0.3, 0.4) is 0 Å². The molecule has 186 valence electrons. The normalized spacial score (nSPS) is 11.8. The Morgan fingerprint density at radius 1 is 0.486 bits per heavy atom. The van der Waals surface area contributed by atoms with Crippen LogP contribution in [0.4, 0.5) is 0 Å². The van der Waals surface area contributed by atoms with Gasteiger partial charge in [0, 0.05) is 16.7 Å². The highest BCUT2D eigenvalue weighted by Gasteiger charge is 2.28. The molecule has 0 saturated heterocycles. The second kappa shape index (κ2) is 16.1. The number of hydrogen-bond acceptors (Lipinski definition) is 0. The molecule has 0 N–H and O–H groups in total. The Balaban J connectivity index is 1.64. The number of allylic oxidation sites excluding steroid dienone is 2. The van der Waals surface area contributed by atoms with Crippen molar-refractivity contribution in [3.8, 4) is 0 Å². The number of unbranched alkanes of at least 4 members (excludes halogenated alkanes) is 7. The van der Waals surface area contributed by atoms with E-state index in [1.807, 2.05) is 0 Å². The van der Waals surface area contributed by atoms with Crippen LogP contribution in [0.2, 0.25) is 0 Å². The van der Waals surface area contributed by atoms with E-state index in [0.717, 1.165) is 24.1 Å². The molecule has 1 heteroatoms. The SMILES string of the molecule is CCCCCC/C=C/CCCCC[N+](Cc1ccccc1)(Cc1ccccc1)Cc1ccccc1. The number of rotatable bonds is 17. The molecule has 0 aliphatic heterocycles. The summed E-state index contributed by atoms with van der Waals surface area (Å²) in [5, 5.41) is 0. The Hall–Kier alpha value is -2.64. The summed E-state index contributed by atoms with van der Waals surface area (Å²) in [4.78, 5) is 0. The molecule has 1 nitrogen and oxygen atoms in total. The smallest absolute Gasteiger partial charge is 0.105 e. The van der Waals surface area contributed by atoms with E-state index < -0.39 is 0 Å². The zero-order chi connectivity index (χ0) is 24.4. The fourth-order valence-corrected chi connectivity index (χ4v) is 5.13. The lowest BCUT2D eigenvalue weighted by atomic mass is 10.0. The van der Waals surface area contributed by atoms with Gasteiger partial charge in [0.15, 0.2) is 0 Å². The van der Waals surface area contributed by atoms with Gasteiger partial charge in [0.2, 0.25) is 0 Å². The van der Waals surface area contributed by atoms with Gasteiger partial charge < -0.3 is 4.48 Å². The van der Waals surface area contributed by atoms with Crippen LogP contribution in [-0.4, -0.2) is 11.0 Å². The lowest BCUT2D eigenvalue weighted by Crippen LogP contribution is -2.46. The third-order valence-corrected chi connectivity index (χ3v) is 6.98. The summed E-state index contributed by atoms with van der Waals surface area (Å²) in [6.07, 6.45) is 16.6. The Labute approximate surface area is 215 Å². The molecular formula is C34H46N+. The van der Waals surface area contributed by atoms with Crippen LogP contribution in [0.5, 0.6) is 0 Å². The summed E-state index contributed by atoms with van der Waals surface area (Å²) in [6.45, 7) is 6.70. The molecule has 0 amide bonds. The van der Waals surface area contributed by atoms with Crippen molar-refractivity contribution >= 4 is 0 Å². The summed E-state index contributed by atoms with van der Waals surface area (Å²) < 4.78 is 1.07. The van der Waals surface area contributed by atoms with Crippen LogP contribution in [0.15, 0.2) is 103 Å². The predicted octanol–water partition coefficient (Wildman–Crippen LogP) is 9.49. The Morgan fingerprint density at radius 2 is 0.886 bits per heavy atom. The second-order valence-corrected chi connectivity index (χ2v) is 10.2. The van der Waals surface area contributed by atoms with Crippen LogP contribution in [0.1, 0.15) is 81.4 Å². The standard InChI is InChI=1S/C34H46N/c1-2-3-4-5-6-7-8-9-10-11-21-28-35(29-32-22-15-12-16-23-32,30-33-24-17-13-18-25-33)31-34-26-19-14-20-27-34/h7-8,12-20,22-27H,2-6,9-11,21,28-31H2,1H3/q+1/b8-7+. The van der Waals surface area contributed by atoms with E-state index >= 15 is 0 Å². The minimum atomic E-state index is 1.07. The largest absolute Gasteiger partial charge is 0.312 e. The van der Waals surface area contributed by atoms with Gasteiger partial charge in [0.25, 0.3) is 0 Å². The number of hydrogen-bond donors (Lipinski definition) is 0. The maximum atomic E-state index is 2.42. The first-order chi connectivity index (χ1) is 17.3. The summed E-state index contributed by atoms with van der Waals surface area (Å²) in [5.41, 5.74) is 4.31. The quantitative estimate of drug-likeness (QED) is 0.105. The average Bonchev–Trinajstić information content (AvgIpc) is 2.89. The molecule has 0 aliphatic carbocycles. The third kappa shape index (κ3) is 10.7. The molecule has 0 heterocycles. The van der Waals surface area contributed by atoms with Crippen LogP contribution < -0.4 is 0 Å². The molecule has 3 aromatic carbocycles. The predicted molar refractivity (Wildman–Crippen MR) is 152 cm³/mol. The van der Waals surface area contributed by atoms with E-state index in [0.29, 0.717) is 0 Å². The summed E-state index contributed by atoms with van der Waals surface area (Å²) in [5.74, 6) is 0. The summed E-state index contributed by atoms with van der Waals surface area (Å²) >= 11 is 0. The van der Waals surface area contributed by atoms with Gasteiger partial charge in [-0.05, 0) is 38.5 Å². The van der Waals surface area contributed by atoms with Crippen molar-refractivity contribution in [1.29, 1.82) is 0 Å². The van der Waals surface area contributed by atoms with E-state index in [9.17, 15) is 0 Å². The highest BCUT2D eigenvalue weighted by molar-refractivity contribution is 5.17. The second-order valence-electron chi connectivity index (χ2n) is 10.2. The molecule has 35 heavy (non-hydrogen) atoms. The van der Waals surface area contributed by atoms with Gasteiger partial charge in [-0.2, -0.15) is 0 Å². The molecular weight excluding hydrogens is 422 g/mol. The van der Waals surface area contributed by atoms with Crippen molar-refractivity contribution in [3.05, 3.63) is 120 Å². The van der Waals surface area contributed by atoms with Gasteiger partial charge in [-0.3, -0.25) is 0 Å². The fraction of sp³-hybridized carbons (Fsp3) is 0.412. The highest BCUT2D eigenvalue weighted by Crippen LogP contribution is 2.25.